The van der Waals surface area contributed by atoms with Crippen molar-refractivity contribution >= 4 is 11.8 Å². The van der Waals surface area contributed by atoms with Gasteiger partial charge in [-0.25, -0.2) is 13.2 Å². The molecule has 3 rings (SSSR count). The van der Waals surface area contributed by atoms with Crippen molar-refractivity contribution in [2.75, 3.05) is 19.6 Å². The number of nitrogens with zero attached hydrogens (tertiary/aromatic N) is 1. The molecule has 1 aliphatic heterocycles. The molecule has 1 aliphatic rings. The van der Waals surface area contributed by atoms with Crippen LogP contribution in [0.4, 0.5) is 13.2 Å². The lowest BCUT2D eigenvalue weighted by Gasteiger charge is -2.31. The summed E-state index contributed by atoms with van der Waals surface area (Å²) in [5, 5.41) is 2.81. The largest absolute Gasteiger partial charge is 0.356 e. The molecule has 0 bridgehead atoms. The lowest BCUT2D eigenvalue weighted by molar-refractivity contribution is -0.126. The van der Waals surface area contributed by atoms with Crippen LogP contribution in [0.3, 0.4) is 0 Å². The van der Waals surface area contributed by atoms with Gasteiger partial charge in [0.2, 0.25) is 5.91 Å². The van der Waals surface area contributed by atoms with E-state index in [1.54, 1.807) is 18.2 Å². The molecule has 2 aromatic carbocycles. The Hall–Kier alpha value is -2.83. The molecule has 1 N–H and O–H groups in total. The molecule has 0 saturated carbocycles. The van der Waals surface area contributed by atoms with Crippen LogP contribution in [-0.2, 0) is 11.2 Å². The van der Waals surface area contributed by atoms with Crippen molar-refractivity contribution in [2.24, 2.45) is 5.92 Å². The molecule has 4 nitrogen and oxygen atoms in total. The molecule has 1 fully saturated rings. The summed E-state index contributed by atoms with van der Waals surface area (Å²) in [5.74, 6) is -2.80. The molecule has 1 saturated heterocycles. The van der Waals surface area contributed by atoms with Gasteiger partial charge in [-0.05, 0) is 43.0 Å². The van der Waals surface area contributed by atoms with Gasteiger partial charge in [0.15, 0.2) is 0 Å². The fourth-order valence-electron chi connectivity index (χ4n) is 3.34. The average Bonchev–Trinajstić information content (AvgIpc) is 2.69. The summed E-state index contributed by atoms with van der Waals surface area (Å²) < 4.78 is 40.4. The van der Waals surface area contributed by atoms with Gasteiger partial charge in [-0.3, -0.25) is 9.59 Å². The highest BCUT2D eigenvalue weighted by atomic mass is 19.1. The van der Waals surface area contributed by atoms with Crippen LogP contribution in [0, 0.1) is 23.4 Å². The Balaban J connectivity index is 1.47. The van der Waals surface area contributed by atoms with E-state index in [1.165, 1.54) is 11.0 Å². The summed E-state index contributed by atoms with van der Waals surface area (Å²) in [4.78, 5) is 26.2. The summed E-state index contributed by atoms with van der Waals surface area (Å²) in [6, 6.07) is 9.29. The fourth-order valence-corrected chi connectivity index (χ4v) is 3.34. The molecule has 0 aliphatic carbocycles. The van der Waals surface area contributed by atoms with E-state index in [9.17, 15) is 22.8 Å². The van der Waals surface area contributed by atoms with E-state index in [1.807, 2.05) is 0 Å². The summed E-state index contributed by atoms with van der Waals surface area (Å²) in [5.41, 5.74) is 0.374. The molecule has 0 spiro atoms. The third kappa shape index (κ3) is 4.71. The second-order valence-corrected chi connectivity index (χ2v) is 6.82. The maximum Gasteiger partial charge on any atom is 0.256 e. The van der Waals surface area contributed by atoms with Gasteiger partial charge in [0.25, 0.3) is 5.91 Å². The van der Waals surface area contributed by atoms with E-state index < -0.39 is 17.5 Å². The minimum atomic E-state index is -0.891. The van der Waals surface area contributed by atoms with Crippen LogP contribution < -0.4 is 5.32 Å². The second-order valence-electron chi connectivity index (χ2n) is 6.82. The predicted molar refractivity (Wildman–Crippen MR) is 98.1 cm³/mol. The first-order valence-electron chi connectivity index (χ1n) is 9.21. The first-order valence-corrected chi connectivity index (χ1v) is 9.21. The van der Waals surface area contributed by atoms with Crippen LogP contribution in [0.5, 0.6) is 0 Å². The number of carbonyl (C=O) groups excluding carboxylic acids is 2. The zero-order valence-electron chi connectivity index (χ0n) is 15.3. The van der Waals surface area contributed by atoms with Crippen molar-refractivity contribution in [2.45, 2.75) is 19.3 Å². The zero-order valence-corrected chi connectivity index (χ0v) is 15.3. The molecular formula is C21H21F3N2O2. The third-order valence-corrected chi connectivity index (χ3v) is 4.97. The van der Waals surface area contributed by atoms with Gasteiger partial charge in [0.05, 0.1) is 5.56 Å². The van der Waals surface area contributed by atoms with E-state index in [-0.39, 0.29) is 23.2 Å². The number of benzene rings is 2. The number of halogens is 3. The van der Waals surface area contributed by atoms with Crippen LogP contribution in [0.25, 0.3) is 0 Å². The van der Waals surface area contributed by atoms with Gasteiger partial charge in [0, 0.05) is 31.6 Å². The SMILES string of the molecule is O=C(NCCc1ccccc1F)C1CCN(C(=O)c2ccc(F)cc2F)CC1. The number of rotatable bonds is 5. The Morgan fingerprint density at radius 1 is 1.00 bits per heavy atom. The molecule has 7 heteroatoms. The van der Waals surface area contributed by atoms with Gasteiger partial charge in [-0.2, -0.15) is 0 Å². The normalized spacial score (nSPS) is 14.8. The lowest BCUT2D eigenvalue weighted by Crippen LogP contribution is -2.43. The first kappa shape index (κ1) is 19.9. The molecule has 2 amide bonds. The number of piperidine rings is 1. The third-order valence-electron chi connectivity index (χ3n) is 4.97. The molecule has 0 atom stereocenters. The molecule has 0 radical (unpaired) electrons. The first-order chi connectivity index (χ1) is 13.5. The highest BCUT2D eigenvalue weighted by molar-refractivity contribution is 5.94. The molecule has 0 unspecified atom stereocenters. The number of hydrogen-bond donors (Lipinski definition) is 1. The number of amides is 2. The lowest BCUT2D eigenvalue weighted by atomic mass is 9.95. The smallest absolute Gasteiger partial charge is 0.256 e. The van der Waals surface area contributed by atoms with Crippen LogP contribution in [0.2, 0.25) is 0 Å². The summed E-state index contributed by atoms with van der Waals surface area (Å²) >= 11 is 0. The summed E-state index contributed by atoms with van der Waals surface area (Å²) in [6.45, 7) is 0.974. The van der Waals surface area contributed by atoms with Gasteiger partial charge in [-0.1, -0.05) is 18.2 Å². The number of hydrogen-bond acceptors (Lipinski definition) is 2. The zero-order chi connectivity index (χ0) is 20.1. The quantitative estimate of drug-likeness (QED) is 0.852. The fraction of sp³-hybridized carbons (Fsp3) is 0.333. The Labute approximate surface area is 161 Å². The standard InChI is InChI=1S/C21H21F3N2O2/c22-16-5-6-17(19(24)13-16)21(28)26-11-8-15(9-12-26)20(27)25-10-7-14-3-1-2-4-18(14)23/h1-6,13,15H,7-12H2,(H,25,27). The minimum Gasteiger partial charge on any atom is -0.356 e. The summed E-state index contributed by atoms with van der Waals surface area (Å²) in [6.07, 6.45) is 1.32. The van der Waals surface area contributed by atoms with Crippen molar-refractivity contribution in [1.82, 2.24) is 10.2 Å². The highest BCUT2D eigenvalue weighted by Gasteiger charge is 2.28. The maximum absolute atomic E-state index is 13.8. The Bertz CT molecular complexity index is 864. The van der Waals surface area contributed by atoms with Crippen molar-refractivity contribution < 1.29 is 22.8 Å². The topological polar surface area (TPSA) is 49.4 Å². The van der Waals surface area contributed by atoms with Gasteiger partial charge < -0.3 is 10.2 Å². The van der Waals surface area contributed by atoms with Crippen molar-refractivity contribution in [3.63, 3.8) is 0 Å². The monoisotopic (exact) mass is 390 g/mol. The van der Waals surface area contributed by atoms with E-state index in [2.05, 4.69) is 5.32 Å². The molecule has 2 aromatic rings. The molecule has 1 heterocycles. The molecular weight excluding hydrogens is 369 g/mol. The number of likely N-dealkylation sites (tertiary alicyclic amines) is 1. The minimum absolute atomic E-state index is 0.128. The molecule has 28 heavy (non-hydrogen) atoms. The summed E-state index contributed by atoms with van der Waals surface area (Å²) in [7, 11) is 0. The van der Waals surface area contributed by atoms with E-state index >= 15 is 0 Å². The Morgan fingerprint density at radius 2 is 1.71 bits per heavy atom. The Kier molecular flexibility index (Phi) is 6.34. The predicted octanol–water partition coefficient (Wildman–Crippen LogP) is 3.32. The van der Waals surface area contributed by atoms with Crippen LogP contribution in [0.15, 0.2) is 42.5 Å². The van der Waals surface area contributed by atoms with Gasteiger partial charge in [-0.15, -0.1) is 0 Å². The number of nitrogens with one attached hydrogen (secondary N) is 1. The Morgan fingerprint density at radius 3 is 2.39 bits per heavy atom. The highest BCUT2D eigenvalue weighted by Crippen LogP contribution is 2.21. The second kappa shape index (κ2) is 8.91. The van der Waals surface area contributed by atoms with Crippen molar-refractivity contribution in [3.8, 4) is 0 Å². The van der Waals surface area contributed by atoms with Crippen LogP contribution in [0.1, 0.15) is 28.8 Å². The van der Waals surface area contributed by atoms with Gasteiger partial charge in [0.1, 0.15) is 17.5 Å². The average molecular weight is 390 g/mol. The van der Waals surface area contributed by atoms with Crippen molar-refractivity contribution in [3.05, 3.63) is 71.0 Å². The van der Waals surface area contributed by atoms with E-state index in [4.69, 9.17) is 0 Å². The van der Waals surface area contributed by atoms with Gasteiger partial charge >= 0.3 is 0 Å². The van der Waals surface area contributed by atoms with Crippen molar-refractivity contribution in [1.29, 1.82) is 0 Å². The molecule has 0 aromatic heterocycles. The number of carbonyl (C=O) groups is 2. The van der Waals surface area contributed by atoms with E-state index in [0.717, 1.165) is 12.1 Å². The van der Waals surface area contributed by atoms with Crippen LogP contribution in [-0.4, -0.2) is 36.3 Å². The van der Waals surface area contributed by atoms with E-state index in [0.29, 0.717) is 50.5 Å². The van der Waals surface area contributed by atoms with Crippen LogP contribution >= 0.6 is 0 Å². The maximum atomic E-state index is 13.8. The molecule has 148 valence electrons.